The van der Waals surface area contributed by atoms with Gasteiger partial charge >= 0.3 is 0 Å². The summed E-state index contributed by atoms with van der Waals surface area (Å²) in [6.45, 7) is 12.2. The molecule has 8 heteroatoms. The van der Waals surface area contributed by atoms with E-state index in [1.165, 1.54) is 5.56 Å². The van der Waals surface area contributed by atoms with Gasteiger partial charge in [0.1, 0.15) is 12.0 Å². The number of para-hydroxylation sites is 1. The van der Waals surface area contributed by atoms with E-state index in [4.69, 9.17) is 5.73 Å². The van der Waals surface area contributed by atoms with Crippen LogP contribution in [0.4, 0.5) is 11.4 Å². The molecule has 0 saturated heterocycles. The Hall–Kier alpha value is -3.33. The lowest BCUT2D eigenvalue weighted by atomic mass is 9.91. The number of dihydropyridines is 1. The van der Waals surface area contributed by atoms with Crippen LogP contribution < -0.4 is 21.7 Å². The fraction of sp³-hybridized carbons (Fsp3) is 0.433. The fourth-order valence-electron chi connectivity index (χ4n) is 4.97. The van der Waals surface area contributed by atoms with Crippen molar-refractivity contribution in [3.05, 3.63) is 82.3 Å². The predicted octanol–water partition coefficient (Wildman–Crippen LogP) is 3.66. The van der Waals surface area contributed by atoms with Crippen LogP contribution in [0.1, 0.15) is 49.1 Å². The number of aliphatic hydroxyl groups excluding tert-OH is 1. The summed E-state index contributed by atoms with van der Waals surface area (Å²) < 4.78 is 0. The molecule has 2 aromatic carbocycles. The van der Waals surface area contributed by atoms with E-state index in [-0.39, 0.29) is 6.04 Å². The van der Waals surface area contributed by atoms with Gasteiger partial charge in [0.25, 0.3) is 0 Å². The maximum atomic E-state index is 9.96. The van der Waals surface area contributed by atoms with Crippen LogP contribution in [-0.4, -0.2) is 74.2 Å². The standard InChI is InChI=1S/C30H45N7O/c1-7-36(22(4)38)17-18-37(8-2)28-16-15-23(19-34-28)35-29-21(3)11-9-13-25(29)30(33-6)24-12-10-14-27(31)26(24)20-32-5/h9-16,20,22,30,33-35,38H,7-8,17-19,31H2,1-6H3. The smallest absolute Gasteiger partial charge is 0.104 e. The number of benzene rings is 2. The highest BCUT2D eigenvalue weighted by Gasteiger charge is 2.22. The molecule has 0 bridgehead atoms. The number of aryl methyl sites for hydroxylation is 1. The number of anilines is 2. The van der Waals surface area contributed by atoms with E-state index in [1.807, 2.05) is 32.3 Å². The molecule has 0 spiro atoms. The second kappa shape index (κ2) is 14.0. The molecule has 206 valence electrons. The van der Waals surface area contributed by atoms with Gasteiger partial charge in [-0.15, -0.1) is 0 Å². The first-order valence-corrected chi connectivity index (χ1v) is 13.5. The van der Waals surface area contributed by atoms with E-state index in [0.717, 1.165) is 60.1 Å². The van der Waals surface area contributed by atoms with Crippen LogP contribution in [0.25, 0.3) is 0 Å². The molecule has 1 aliphatic heterocycles. The molecule has 1 aliphatic rings. The van der Waals surface area contributed by atoms with Crippen molar-refractivity contribution in [2.75, 3.05) is 57.9 Å². The van der Waals surface area contributed by atoms with Crippen molar-refractivity contribution in [1.82, 2.24) is 20.4 Å². The van der Waals surface area contributed by atoms with Crippen molar-refractivity contribution in [1.29, 1.82) is 0 Å². The molecule has 0 saturated carbocycles. The maximum Gasteiger partial charge on any atom is 0.104 e. The van der Waals surface area contributed by atoms with Gasteiger partial charge in [0.05, 0.1) is 12.6 Å². The van der Waals surface area contributed by atoms with Gasteiger partial charge in [-0.3, -0.25) is 9.89 Å². The fourth-order valence-corrected chi connectivity index (χ4v) is 4.97. The van der Waals surface area contributed by atoms with E-state index < -0.39 is 6.23 Å². The predicted molar refractivity (Wildman–Crippen MR) is 160 cm³/mol. The summed E-state index contributed by atoms with van der Waals surface area (Å²) in [7, 11) is 3.74. The number of allylic oxidation sites excluding steroid dienone is 2. The molecule has 3 rings (SSSR count). The van der Waals surface area contributed by atoms with E-state index in [9.17, 15) is 5.11 Å². The minimum atomic E-state index is -0.440. The van der Waals surface area contributed by atoms with Crippen molar-refractivity contribution in [3.63, 3.8) is 0 Å². The number of likely N-dealkylation sites (N-methyl/N-ethyl adjacent to an activating group) is 2. The lowest BCUT2D eigenvalue weighted by Crippen LogP contribution is -2.42. The Morgan fingerprint density at radius 3 is 2.45 bits per heavy atom. The average Bonchev–Trinajstić information content (AvgIpc) is 2.91. The molecule has 2 aromatic rings. The molecular formula is C30H45N7O. The molecule has 6 N–H and O–H groups in total. The van der Waals surface area contributed by atoms with Crippen molar-refractivity contribution < 1.29 is 5.11 Å². The third-order valence-electron chi connectivity index (χ3n) is 7.15. The highest BCUT2D eigenvalue weighted by molar-refractivity contribution is 5.89. The van der Waals surface area contributed by atoms with Gasteiger partial charge in [0.2, 0.25) is 0 Å². The molecule has 38 heavy (non-hydrogen) atoms. The molecule has 0 aromatic heterocycles. The molecule has 1 heterocycles. The Kier molecular flexibility index (Phi) is 10.8. The lowest BCUT2D eigenvalue weighted by Gasteiger charge is -2.32. The average molecular weight is 520 g/mol. The van der Waals surface area contributed by atoms with Gasteiger partial charge in [-0.25, -0.2) is 0 Å². The van der Waals surface area contributed by atoms with Gasteiger partial charge in [-0.2, -0.15) is 0 Å². The quantitative estimate of drug-likeness (QED) is 0.156. The molecule has 0 fully saturated rings. The van der Waals surface area contributed by atoms with Crippen LogP contribution in [0.2, 0.25) is 0 Å². The summed E-state index contributed by atoms with van der Waals surface area (Å²) in [4.78, 5) is 8.62. The summed E-state index contributed by atoms with van der Waals surface area (Å²) in [5.74, 6) is 1.10. The first-order chi connectivity index (χ1) is 18.3. The Morgan fingerprint density at radius 2 is 1.84 bits per heavy atom. The normalized spacial score (nSPS) is 15.2. The van der Waals surface area contributed by atoms with Gasteiger partial charge in [-0.05, 0) is 69.3 Å². The third-order valence-corrected chi connectivity index (χ3v) is 7.15. The Morgan fingerprint density at radius 1 is 1.11 bits per heavy atom. The number of nitrogens with zero attached hydrogens (tertiary/aromatic N) is 3. The number of aliphatic imine (C=N–C) groups is 1. The van der Waals surface area contributed by atoms with Gasteiger partial charge in [-0.1, -0.05) is 37.3 Å². The summed E-state index contributed by atoms with van der Waals surface area (Å²) >= 11 is 0. The van der Waals surface area contributed by atoms with E-state index in [0.29, 0.717) is 12.2 Å². The Balaban J connectivity index is 1.86. The van der Waals surface area contributed by atoms with Crippen molar-refractivity contribution >= 4 is 17.6 Å². The molecule has 0 aliphatic carbocycles. The van der Waals surface area contributed by atoms with Crippen LogP contribution in [0.3, 0.4) is 0 Å². The lowest BCUT2D eigenvalue weighted by molar-refractivity contribution is 0.0181. The number of aliphatic hydroxyl groups is 1. The molecule has 8 nitrogen and oxygen atoms in total. The Bertz CT molecular complexity index is 1160. The highest BCUT2D eigenvalue weighted by atomic mass is 16.3. The SMILES string of the molecule is CCN(CCN(CC)C(C)O)C1=CC=C(Nc2c(C)cccc2C(NC)c2cccc(N)c2C=NC)CN1. The van der Waals surface area contributed by atoms with E-state index in [1.54, 1.807) is 7.05 Å². The topological polar surface area (TPSA) is 101 Å². The first-order valence-electron chi connectivity index (χ1n) is 13.5. The molecule has 0 radical (unpaired) electrons. The molecule has 0 amide bonds. The van der Waals surface area contributed by atoms with Crippen LogP contribution >= 0.6 is 0 Å². The van der Waals surface area contributed by atoms with Gasteiger partial charge < -0.3 is 31.7 Å². The van der Waals surface area contributed by atoms with Crippen LogP contribution in [-0.2, 0) is 0 Å². The van der Waals surface area contributed by atoms with Crippen molar-refractivity contribution in [2.45, 2.75) is 40.0 Å². The minimum Gasteiger partial charge on any atom is -0.398 e. The summed E-state index contributed by atoms with van der Waals surface area (Å²) in [5, 5.41) is 20.7. The largest absolute Gasteiger partial charge is 0.398 e. The van der Waals surface area contributed by atoms with Gasteiger partial charge in [0.15, 0.2) is 0 Å². The number of nitrogens with one attached hydrogen (secondary N) is 3. The number of nitrogen functional groups attached to an aromatic ring is 1. The zero-order valence-electron chi connectivity index (χ0n) is 23.8. The van der Waals surface area contributed by atoms with Crippen LogP contribution in [0, 0.1) is 6.92 Å². The summed E-state index contributed by atoms with van der Waals surface area (Å²) in [5.41, 5.74) is 13.6. The second-order valence-electron chi connectivity index (χ2n) is 9.56. The number of hydrogen-bond donors (Lipinski definition) is 5. The van der Waals surface area contributed by atoms with Crippen molar-refractivity contribution in [2.24, 2.45) is 4.99 Å². The zero-order valence-corrected chi connectivity index (χ0v) is 23.8. The zero-order chi connectivity index (χ0) is 27.7. The van der Waals surface area contributed by atoms with E-state index in [2.05, 4.69) is 87.9 Å². The number of nitrogens with two attached hydrogens (primary N) is 1. The Labute approximate surface area is 228 Å². The van der Waals surface area contributed by atoms with Gasteiger partial charge in [0, 0.05) is 55.5 Å². The second-order valence-corrected chi connectivity index (χ2v) is 9.56. The molecule has 2 atom stereocenters. The molecule has 2 unspecified atom stereocenters. The third kappa shape index (κ3) is 6.95. The minimum absolute atomic E-state index is 0.0665. The van der Waals surface area contributed by atoms with Crippen molar-refractivity contribution in [3.8, 4) is 0 Å². The van der Waals surface area contributed by atoms with E-state index >= 15 is 0 Å². The van der Waals surface area contributed by atoms with Crippen LogP contribution in [0.5, 0.6) is 0 Å². The monoisotopic (exact) mass is 519 g/mol. The summed E-state index contributed by atoms with van der Waals surface area (Å²) in [6, 6.07) is 12.3. The van der Waals surface area contributed by atoms with Crippen LogP contribution in [0.15, 0.2) is 65.1 Å². The number of rotatable bonds is 13. The number of hydrogen-bond acceptors (Lipinski definition) is 8. The highest BCUT2D eigenvalue weighted by Crippen LogP contribution is 2.34. The maximum absolute atomic E-state index is 9.96. The summed E-state index contributed by atoms with van der Waals surface area (Å²) in [6.07, 6.45) is 5.68. The first kappa shape index (κ1) is 29.2. The molecular weight excluding hydrogens is 474 g/mol.